The fourth-order valence-electron chi connectivity index (χ4n) is 6.98. The summed E-state index contributed by atoms with van der Waals surface area (Å²) < 4.78 is 0. The number of hydrogen-bond acceptors (Lipinski definition) is 4. The highest BCUT2D eigenvalue weighted by atomic mass is 16.5. The fraction of sp³-hybridized carbons (Fsp3) is 1.00. The molecule has 0 spiro atoms. The van der Waals surface area contributed by atoms with Crippen LogP contribution in [0, 0.1) is 47.3 Å². The van der Waals surface area contributed by atoms with Gasteiger partial charge in [-0.1, -0.05) is 0 Å². The molecule has 4 atom stereocenters. The third kappa shape index (κ3) is 0.637. The second-order valence-electron chi connectivity index (χ2n) is 6.75. The van der Waals surface area contributed by atoms with Crippen LogP contribution in [0.25, 0.3) is 0 Å². The first-order valence-electron chi connectivity index (χ1n) is 6.66. The van der Waals surface area contributed by atoms with Gasteiger partial charge in [-0.25, -0.2) is 11.0 Å². The van der Waals surface area contributed by atoms with Crippen LogP contribution < -0.4 is 11.0 Å². The maximum absolute atomic E-state index is 9.38. The molecule has 88 valence electrons. The van der Waals surface area contributed by atoms with Gasteiger partial charge in [0.15, 0.2) is 0 Å². The Balaban J connectivity index is 1.65. The van der Waals surface area contributed by atoms with E-state index in [0.717, 1.165) is 23.7 Å². The standard InChI is InChI=1S/C12H18N2O2/c15-13-11-3-1-4-8-7(3)9-5(11)2-6(10(8)9)12(4)14-16/h3-16H,1-2H2. The maximum atomic E-state index is 9.38. The first-order valence-corrected chi connectivity index (χ1v) is 6.66. The van der Waals surface area contributed by atoms with Crippen molar-refractivity contribution in [3.63, 3.8) is 0 Å². The molecule has 4 heteroatoms. The number of rotatable bonds is 2. The zero-order valence-electron chi connectivity index (χ0n) is 9.08. The summed E-state index contributed by atoms with van der Waals surface area (Å²) in [6.45, 7) is 0. The molecule has 4 nitrogen and oxygen atoms in total. The molecule has 5 aliphatic rings. The highest BCUT2D eigenvalue weighted by Gasteiger charge is 2.79. The average Bonchev–Trinajstić information content (AvgIpc) is 2.77. The molecule has 0 aliphatic heterocycles. The van der Waals surface area contributed by atoms with E-state index in [9.17, 15) is 10.4 Å². The largest absolute Gasteiger partial charge is 0.317 e. The Morgan fingerprint density at radius 2 is 0.938 bits per heavy atom. The molecular weight excluding hydrogens is 204 g/mol. The van der Waals surface area contributed by atoms with Crippen molar-refractivity contribution < 1.29 is 10.4 Å². The van der Waals surface area contributed by atoms with E-state index in [1.54, 1.807) is 0 Å². The molecule has 0 aromatic rings. The molecule has 0 aromatic heterocycles. The minimum Gasteiger partial charge on any atom is -0.317 e. The number of hydroxylamine groups is 2. The second-order valence-corrected chi connectivity index (χ2v) is 6.75. The average molecular weight is 222 g/mol. The predicted molar refractivity (Wildman–Crippen MR) is 54.6 cm³/mol. The van der Waals surface area contributed by atoms with Gasteiger partial charge in [-0.15, -0.1) is 0 Å². The van der Waals surface area contributed by atoms with Crippen LogP contribution in [0.1, 0.15) is 12.8 Å². The molecule has 5 fully saturated rings. The van der Waals surface area contributed by atoms with Crippen molar-refractivity contribution in [1.82, 2.24) is 11.0 Å². The maximum Gasteiger partial charge on any atom is 0.0382 e. The van der Waals surface area contributed by atoms with Gasteiger partial charge in [0.05, 0.1) is 0 Å². The van der Waals surface area contributed by atoms with Crippen LogP contribution in [0.2, 0.25) is 0 Å². The first kappa shape index (κ1) is 8.86. The van der Waals surface area contributed by atoms with Gasteiger partial charge in [-0.3, -0.25) is 0 Å². The molecule has 5 aliphatic carbocycles. The normalized spacial score (nSPS) is 72.4. The van der Waals surface area contributed by atoms with Crippen molar-refractivity contribution in [1.29, 1.82) is 0 Å². The van der Waals surface area contributed by atoms with Crippen LogP contribution in [0.15, 0.2) is 0 Å². The Morgan fingerprint density at radius 3 is 1.19 bits per heavy atom. The van der Waals surface area contributed by atoms with Gasteiger partial charge in [0, 0.05) is 12.1 Å². The van der Waals surface area contributed by atoms with Crippen LogP contribution in [-0.4, -0.2) is 22.5 Å². The molecule has 0 radical (unpaired) electrons. The van der Waals surface area contributed by atoms with Gasteiger partial charge in [0.1, 0.15) is 0 Å². The molecule has 16 heavy (non-hydrogen) atoms. The van der Waals surface area contributed by atoms with Crippen molar-refractivity contribution in [2.45, 2.75) is 24.9 Å². The lowest BCUT2D eigenvalue weighted by Gasteiger charge is -2.44. The zero-order valence-corrected chi connectivity index (χ0v) is 9.08. The van der Waals surface area contributed by atoms with E-state index in [1.165, 1.54) is 12.8 Å². The van der Waals surface area contributed by atoms with E-state index in [2.05, 4.69) is 11.0 Å². The van der Waals surface area contributed by atoms with Crippen molar-refractivity contribution in [2.24, 2.45) is 47.3 Å². The van der Waals surface area contributed by atoms with E-state index < -0.39 is 0 Å². The van der Waals surface area contributed by atoms with E-state index in [4.69, 9.17) is 0 Å². The van der Waals surface area contributed by atoms with Crippen LogP contribution >= 0.6 is 0 Å². The quantitative estimate of drug-likeness (QED) is 0.513. The minimum atomic E-state index is 0.358. The third-order valence-corrected chi connectivity index (χ3v) is 6.99. The van der Waals surface area contributed by atoms with Gasteiger partial charge in [0.25, 0.3) is 0 Å². The highest BCUT2D eigenvalue weighted by molar-refractivity contribution is 5.28. The van der Waals surface area contributed by atoms with Gasteiger partial charge in [-0.05, 0) is 60.2 Å². The molecule has 0 amide bonds. The molecule has 5 saturated carbocycles. The Labute approximate surface area is 94.3 Å². The topological polar surface area (TPSA) is 64.5 Å². The third-order valence-electron chi connectivity index (χ3n) is 6.99. The lowest BCUT2D eigenvalue weighted by atomic mass is 9.60. The van der Waals surface area contributed by atoms with Crippen LogP contribution in [0.3, 0.4) is 0 Å². The van der Waals surface area contributed by atoms with Crippen molar-refractivity contribution in [3.8, 4) is 0 Å². The zero-order chi connectivity index (χ0) is 10.6. The fourth-order valence-corrected chi connectivity index (χ4v) is 6.98. The molecule has 4 N–H and O–H groups in total. The Morgan fingerprint density at radius 1 is 0.625 bits per heavy atom. The first-order chi connectivity index (χ1) is 7.86. The summed E-state index contributed by atoms with van der Waals surface area (Å²) in [6.07, 6.45) is 2.43. The molecule has 4 unspecified atom stereocenters. The molecule has 5 rings (SSSR count). The summed E-state index contributed by atoms with van der Waals surface area (Å²) in [4.78, 5) is 0. The smallest absolute Gasteiger partial charge is 0.0382 e. The van der Waals surface area contributed by atoms with Crippen LogP contribution in [-0.2, 0) is 0 Å². The Hall–Kier alpha value is -0.160. The molecule has 0 heterocycles. The Bertz CT molecular complexity index is 282. The summed E-state index contributed by atoms with van der Waals surface area (Å²) >= 11 is 0. The summed E-state index contributed by atoms with van der Waals surface area (Å²) in [5.41, 5.74) is 5.22. The van der Waals surface area contributed by atoms with Crippen molar-refractivity contribution >= 4 is 0 Å². The summed E-state index contributed by atoms with van der Waals surface area (Å²) in [7, 11) is 0. The summed E-state index contributed by atoms with van der Waals surface area (Å²) in [5, 5.41) is 18.8. The molecule has 0 bridgehead atoms. The van der Waals surface area contributed by atoms with Crippen LogP contribution in [0.5, 0.6) is 0 Å². The molecule has 0 aromatic carbocycles. The molecular formula is C12H18N2O2. The SMILES string of the molecule is ONC1C2CC3C(NO)C4CC1C1C2C3C41. The van der Waals surface area contributed by atoms with E-state index in [1.807, 2.05) is 0 Å². The predicted octanol–water partition coefficient (Wildman–Crippen LogP) is 0.459. The molecule has 0 saturated heterocycles. The van der Waals surface area contributed by atoms with E-state index in [-0.39, 0.29) is 0 Å². The summed E-state index contributed by atoms with van der Waals surface area (Å²) in [5.74, 6) is 6.21. The lowest BCUT2D eigenvalue weighted by Crippen LogP contribution is -2.42. The van der Waals surface area contributed by atoms with Gasteiger partial charge in [0.2, 0.25) is 0 Å². The van der Waals surface area contributed by atoms with Gasteiger partial charge < -0.3 is 10.4 Å². The van der Waals surface area contributed by atoms with Gasteiger partial charge in [-0.2, -0.15) is 0 Å². The van der Waals surface area contributed by atoms with Crippen molar-refractivity contribution in [2.75, 3.05) is 0 Å². The van der Waals surface area contributed by atoms with Gasteiger partial charge >= 0.3 is 0 Å². The highest BCUT2D eigenvalue weighted by Crippen LogP contribution is 2.79. The van der Waals surface area contributed by atoms with Crippen LogP contribution in [0.4, 0.5) is 0 Å². The van der Waals surface area contributed by atoms with E-state index >= 15 is 0 Å². The lowest BCUT2D eigenvalue weighted by molar-refractivity contribution is 0.0202. The van der Waals surface area contributed by atoms with Crippen molar-refractivity contribution in [3.05, 3.63) is 0 Å². The minimum absolute atomic E-state index is 0.358. The van der Waals surface area contributed by atoms with E-state index in [0.29, 0.717) is 35.8 Å². The number of hydrogen-bond donors (Lipinski definition) is 4. The second kappa shape index (κ2) is 2.48. The summed E-state index contributed by atoms with van der Waals surface area (Å²) in [6, 6.07) is 0.717. The Kier molecular flexibility index (Phi) is 1.37. The number of nitrogens with one attached hydrogen (secondary N) is 2. The monoisotopic (exact) mass is 222 g/mol.